The summed E-state index contributed by atoms with van der Waals surface area (Å²) in [6.07, 6.45) is 1.35. The van der Waals surface area contributed by atoms with Crippen LogP contribution in [0.5, 0.6) is 0 Å². The summed E-state index contributed by atoms with van der Waals surface area (Å²) in [6, 6.07) is 13.1. The highest BCUT2D eigenvalue weighted by molar-refractivity contribution is 14.0. The molecule has 0 aromatic heterocycles. The Bertz CT molecular complexity index is 889. The lowest BCUT2D eigenvalue weighted by molar-refractivity contribution is -0.124. The Morgan fingerprint density at radius 2 is 1.97 bits per heavy atom. The molecule has 0 radical (unpaired) electrons. The lowest BCUT2D eigenvalue weighted by Gasteiger charge is -2.14. The molecule has 0 saturated carbocycles. The van der Waals surface area contributed by atoms with E-state index in [1.807, 2.05) is 30.3 Å². The largest absolute Gasteiger partial charge is 0.368 e. The Hall–Kier alpha value is -1.55. The fourth-order valence-electron chi connectivity index (χ4n) is 3.02. The van der Waals surface area contributed by atoms with Crippen LogP contribution >= 0.6 is 47.2 Å². The predicted molar refractivity (Wildman–Crippen MR) is 133 cm³/mol. The molecule has 1 saturated heterocycles. The SMILES string of the molecule is CN=C(NCc1cccc(NC(=O)C2CCCO2)c1)NCc1ccc(Cl)cc1Cl.I. The molecule has 6 nitrogen and oxygen atoms in total. The standard InChI is InChI=1S/C21H24Cl2N4O2.HI/c1-24-21(26-13-15-7-8-16(22)11-18(15)23)25-12-14-4-2-5-17(10-14)27-20(28)19-6-3-9-29-19;/h2,4-5,7-8,10-11,19H,3,6,9,12-13H2,1H3,(H,27,28)(H2,24,25,26);1H. The molecule has 1 fully saturated rings. The Labute approximate surface area is 203 Å². The number of nitrogens with zero attached hydrogens (tertiary/aromatic N) is 1. The van der Waals surface area contributed by atoms with E-state index in [1.165, 1.54) is 0 Å². The van der Waals surface area contributed by atoms with E-state index in [4.69, 9.17) is 27.9 Å². The van der Waals surface area contributed by atoms with Crippen LogP contribution in [0.2, 0.25) is 10.0 Å². The number of guanidine groups is 1. The number of anilines is 1. The van der Waals surface area contributed by atoms with Crippen molar-refractivity contribution in [2.45, 2.75) is 32.0 Å². The Kier molecular flexibility index (Phi) is 10.2. The molecular formula is C21H25Cl2IN4O2. The van der Waals surface area contributed by atoms with E-state index in [0.717, 1.165) is 29.7 Å². The molecule has 0 bridgehead atoms. The number of amides is 1. The van der Waals surface area contributed by atoms with Crippen molar-refractivity contribution in [1.29, 1.82) is 0 Å². The van der Waals surface area contributed by atoms with Crippen molar-refractivity contribution in [2.24, 2.45) is 4.99 Å². The molecule has 1 aliphatic rings. The molecule has 3 rings (SSSR count). The van der Waals surface area contributed by atoms with Gasteiger partial charge in [0, 0.05) is 42.5 Å². The van der Waals surface area contributed by atoms with Gasteiger partial charge in [-0.1, -0.05) is 41.4 Å². The van der Waals surface area contributed by atoms with Crippen molar-refractivity contribution in [3.63, 3.8) is 0 Å². The second-order valence-electron chi connectivity index (χ2n) is 6.71. The third-order valence-electron chi connectivity index (χ3n) is 4.56. The summed E-state index contributed by atoms with van der Waals surface area (Å²) in [6.45, 7) is 1.72. The summed E-state index contributed by atoms with van der Waals surface area (Å²) in [5.74, 6) is 0.551. The molecule has 3 N–H and O–H groups in total. The van der Waals surface area contributed by atoms with Crippen molar-refractivity contribution in [3.8, 4) is 0 Å². The smallest absolute Gasteiger partial charge is 0.253 e. The Morgan fingerprint density at radius 1 is 1.17 bits per heavy atom. The Balaban J connectivity index is 0.00000320. The summed E-state index contributed by atoms with van der Waals surface area (Å²) in [5, 5.41) is 10.6. The number of ether oxygens (including phenoxy) is 1. The van der Waals surface area contributed by atoms with Crippen LogP contribution in [0.3, 0.4) is 0 Å². The average molecular weight is 563 g/mol. The van der Waals surface area contributed by atoms with Gasteiger partial charge in [-0.05, 0) is 48.2 Å². The van der Waals surface area contributed by atoms with E-state index in [0.29, 0.717) is 35.7 Å². The van der Waals surface area contributed by atoms with Crippen LogP contribution in [0.4, 0.5) is 5.69 Å². The maximum absolute atomic E-state index is 12.2. The lowest BCUT2D eigenvalue weighted by atomic mass is 10.2. The van der Waals surface area contributed by atoms with Gasteiger partial charge in [-0.25, -0.2) is 0 Å². The predicted octanol–water partition coefficient (Wildman–Crippen LogP) is 4.59. The number of nitrogens with one attached hydrogen (secondary N) is 3. The van der Waals surface area contributed by atoms with Crippen molar-refractivity contribution < 1.29 is 9.53 Å². The zero-order chi connectivity index (χ0) is 20.6. The van der Waals surface area contributed by atoms with Gasteiger partial charge in [0.1, 0.15) is 6.10 Å². The van der Waals surface area contributed by atoms with Crippen LogP contribution in [0.1, 0.15) is 24.0 Å². The normalized spacial score (nSPS) is 16.0. The maximum Gasteiger partial charge on any atom is 0.253 e. The van der Waals surface area contributed by atoms with E-state index in [1.54, 1.807) is 19.2 Å². The zero-order valence-corrected chi connectivity index (χ0v) is 20.4. The van der Waals surface area contributed by atoms with Crippen LogP contribution < -0.4 is 16.0 Å². The summed E-state index contributed by atoms with van der Waals surface area (Å²) in [7, 11) is 1.71. The highest BCUT2D eigenvalue weighted by Crippen LogP contribution is 2.20. The number of aliphatic imine (C=N–C) groups is 1. The molecule has 2 aromatic carbocycles. The molecule has 9 heteroatoms. The highest BCUT2D eigenvalue weighted by Gasteiger charge is 2.23. The molecule has 162 valence electrons. The number of halogens is 3. The number of hydrogen-bond acceptors (Lipinski definition) is 3. The second kappa shape index (κ2) is 12.3. The average Bonchev–Trinajstić information content (AvgIpc) is 3.25. The summed E-state index contributed by atoms with van der Waals surface area (Å²) in [5.41, 5.74) is 2.70. The van der Waals surface area contributed by atoms with Crippen molar-refractivity contribution in [2.75, 3.05) is 19.0 Å². The second-order valence-corrected chi connectivity index (χ2v) is 7.55. The topological polar surface area (TPSA) is 74.8 Å². The highest BCUT2D eigenvalue weighted by atomic mass is 127. The first-order valence-corrected chi connectivity index (χ1v) is 10.2. The fourth-order valence-corrected chi connectivity index (χ4v) is 3.49. The third kappa shape index (κ3) is 7.30. The number of hydrogen-bond donors (Lipinski definition) is 3. The molecule has 1 aliphatic heterocycles. The lowest BCUT2D eigenvalue weighted by Crippen LogP contribution is -2.36. The van der Waals surface area contributed by atoms with E-state index in [9.17, 15) is 4.79 Å². The molecule has 0 spiro atoms. The summed E-state index contributed by atoms with van der Waals surface area (Å²) >= 11 is 12.1. The molecule has 0 aliphatic carbocycles. The first kappa shape index (κ1) is 24.7. The van der Waals surface area contributed by atoms with Gasteiger partial charge in [-0.3, -0.25) is 9.79 Å². The third-order valence-corrected chi connectivity index (χ3v) is 5.15. The molecule has 1 heterocycles. The minimum atomic E-state index is -0.348. The molecule has 30 heavy (non-hydrogen) atoms. The molecule has 1 unspecified atom stereocenters. The van der Waals surface area contributed by atoms with Gasteiger partial charge < -0.3 is 20.7 Å². The van der Waals surface area contributed by atoms with Crippen LogP contribution in [-0.2, 0) is 22.6 Å². The van der Waals surface area contributed by atoms with Gasteiger partial charge in [0.15, 0.2) is 5.96 Å². The number of carbonyl (C=O) groups is 1. The monoisotopic (exact) mass is 562 g/mol. The zero-order valence-electron chi connectivity index (χ0n) is 16.6. The van der Waals surface area contributed by atoms with Crippen LogP contribution in [0.15, 0.2) is 47.5 Å². The maximum atomic E-state index is 12.2. The number of rotatable bonds is 6. The minimum Gasteiger partial charge on any atom is -0.368 e. The van der Waals surface area contributed by atoms with E-state index < -0.39 is 0 Å². The van der Waals surface area contributed by atoms with Gasteiger partial charge in [0.25, 0.3) is 5.91 Å². The van der Waals surface area contributed by atoms with Gasteiger partial charge in [-0.15, -0.1) is 24.0 Å². The van der Waals surface area contributed by atoms with Gasteiger partial charge in [0.2, 0.25) is 0 Å². The van der Waals surface area contributed by atoms with E-state index >= 15 is 0 Å². The van der Waals surface area contributed by atoms with Gasteiger partial charge in [0.05, 0.1) is 0 Å². The minimum absolute atomic E-state index is 0. The fraction of sp³-hybridized carbons (Fsp3) is 0.333. The molecule has 1 atom stereocenters. The molecular weight excluding hydrogens is 538 g/mol. The van der Waals surface area contributed by atoms with Crippen LogP contribution in [0, 0.1) is 0 Å². The number of benzene rings is 2. The first-order valence-electron chi connectivity index (χ1n) is 9.45. The van der Waals surface area contributed by atoms with Crippen LogP contribution in [0.25, 0.3) is 0 Å². The van der Waals surface area contributed by atoms with Crippen molar-refractivity contribution >= 4 is 64.7 Å². The van der Waals surface area contributed by atoms with Crippen molar-refractivity contribution in [3.05, 3.63) is 63.6 Å². The summed E-state index contributed by atoms with van der Waals surface area (Å²) < 4.78 is 5.42. The first-order chi connectivity index (χ1) is 14.0. The number of carbonyl (C=O) groups excluding carboxylic acids is 1. The van der Waals surface area contributed by atoms with Gasteiger partial charge >= 0.3 is 0 Å². The molecule has 1 amide bonds. The van der Waals surface area contributed by atoms with Crippen LogP contribution in [-0.4, -0.2) is 31.6 Å². The summed E-state index contributed by atoms with van der Waals surface area (Å²) in [4.78, 5) is 16.4. The Morgan fingerprint density at radius 3 is 2.67 bits per heavy atom. The van der Waals surface area contributed by atoms with Gasteiger partial charge in [-0.2, -0.15) is 0 Å². The molecule has 2 aromatic rings. The quantitative estimate of drug-likeness (QED) is 0.273. The van der Waals surface area contributed by atoms with E-state index in [2.05, 4.69) is 20.9 Å². The van der Waals surface area contributed by atoms with Crippen molar-refractivity contribution in [1.82, 2.24) is 10.6 Å². The van der Waals surface area contributed by atoms with E-state index in [-0.39, 0.29) is 36.0 Å².